The highest BCUT2D eigenvalue weighted by atomic mass is 32.1. The van der Waals surface area contributed by atoms with E-state index in [0.29, 0.717) is 32.1 Å². The number of carbonyl (C=O) groups excluding carboxylic acids is 2. The van der Waals surface area contributed by atoms with E-state index in [1.54, 1.807) is 52.0 Å². The summed E-state index contributed by atoms with van der Waals surface area (Å²) in [6.07, 6.45) is 1.02. The number of nitrogens with zero attached hydrogens (tertiary/aromatic N) is 2. The van der Waals surface area contributed by atoms with E-state index >= 15 is 0 Å². The molecule has 2 heterocycles. The molecule has 0 radical (unpaired) electrons. The van der Waals surface area contributed by atoms with Crippen LogP contribution in [-0.4, -0.2) is 34.6 Å². The maximum Gasteiger partial charge on any atom is 0.329 e. The summed E-state index contributed by atoms with van der Waals surface area (Å²) in [6, 6.07) is 6.23. The fraction of sp³-hybridized carbons (Fsp3) is 0.333. The lowest BCUT2D eigenvalue weighted by Crippen LogP contribution is -2.30. The fourth-order valence-corrected chi connectivity index (χ4v) is 4.04. The first-order valence-electron chi connectivity index (χ1n) is 9.39. The number of aryl methyl sites for hydroxylation is 1. The summed E-state index contributed by atoms with van der Waals surface area (Å²) in [6.45, 7) is 6.76. The lowest BCUT2D eigenvalue weighted by molar-refractivity contribution is -0.151. The van der Waals surface area contributed by atoms with Gasteiger partial charge in [-0.05, 0) is 45.4 Å². The third-order valence-electron chi connectivity index (χ3n) is 4.55. The predicted octanol–water partition coefficient (Wildman–Crippen LogP) is 3.54. The van der Waals surface area contributed by atoms with Crippen LogP contribution in [0.2, 0.25) is 0 Å². The summed E-state index contributed by atoms with van der Waals surface area (Å²) in [7, 11) is 1.52. The van der Waals surface area contributed by atoms with Crippen LogP contribution in [0.3, 0.4) is 0 Å². The lowest BCUT2D eigenvalue weighted by Gasteiger charge is -2.15. The van der Waals surface area contributed by atoms with Crippen LogP contribution in [-0.2, 0) is 9.53 Å². The molecular formula is C21H23N3O5S. The van der Waals surface area contributed by atoms with Crippen molar-refractivity contribution >= 4 is 39.1 Å². The molecule has 0 spiro atoms. The van der Waals surface area contributed by atoms with Gasteiger partial charge in [-0.15, -0.1) is 11.3 Å². The third-order valence-corrected chi connectivity index (χ3v) is 5.75. The zero-order valence-electron chi connectivity index (χ0n) is 17.4. The van der Waals surface area contributed by atoms with Gasteiger partial charge in [0, 0.05) is 0 Å². The Morgan fingerprint density at radius 2 is 1.90 bits per heavy atom. The Morgan fingerprint density at radius 1 is 1.20 bits per heavy atom. The molecular weight excluding hydrogens is 406 g/mol. The number of amides is 1. The van der Waals surface area contributed by atoms with Gasteiger partial charge in [-0.25, -0.2) is 9.78 Å². The van der Waals surface area contributed by atoms with Crippen LogP contribution in [0.15, 0.2) is 35.4 Å². The molecule has 0 saturated heterocycles. The molecule has 1 atom stereocenters. The van der Waals surface area contributed by atoms with Crippen molar-refractivity contribution in [2.24, 2.45) is 0 Å². The number of benzene rings is 1. The summed E-state index contributed by atoms with van der Waals surface area (Å²) < 4.78 is 11.7. The Balaban J connectivity index is 1.98. The van der Waals surface area contributed by atoms with Gasteiger partial charge in [0.15, 0.2) is 0 Å². The summed E-state index contributed by atoms with van der Waals surface area (Å²) >= 11 is 1.12. The number of nitrogens with one attached hydrogen (secondary N) is 1. The number of hydrogen-bond donors (Lipinski definition) is 1. The Kier molecular flexibility index (Phi) is 6.21. The molecule has 1 amide bonds. The smallest absolute Gasteiger partial charge is 0.329 e. The highest BCUT2D eigenvalue weighted by Crippen LogP contribution is 2.30. The molecule has 0 aliphatic carbocycles. The molecule has 0 aliphatic heterocycles. The molecule has 0 fully saturated rings. The highest BCUT2D eigenvalue weighted by Gasteiger charge is 2.24. The standard InChI is InChI=1S/C21H23N3O5S/c1-11(2)29-21(27)13(4)24-10-22-19-16(20(24)26)12(3)17(30-19)18(25)23-14-8-6-7-9-15(14)28-5/h6-11,13H,1-5H3,(H,23,25)/t13-/m0/s1. The van der Waals surface area contributed by atoms with Gasteiger partial charge < -0.3 is 14.8 Å². The Bertz CT molecular complexity index is 1170. The maximum atomic E-state index is 13.0. The van der Waals surface area contributed by atoms with Crippen molar-refractivity contribution in [1.29, 1.82) is 0 Å². The van der Waals surface area contributed by atoms with E-state index in [9.17, 15) is 14.4 Å². The molecule has 0 aliphatic rings. The van der Waals surface area contributed by atoms with Crippen molar-refractivity contribution in [3.8, 4) is 5.75 Å². The van der Waals surface area contributed by atoms with Gasteiger partial charge >= 0.3 is 5.97 Å². The normalized spacial score (nSPS) is 12.1. The number of ether oxygens (including phenoxy) is 2. The van der Waals surface area contributed by atoms with E-state index in [2.05, 4.69) is 10.3 Å². The van der Waals surface area contributed by atoms with Gasteiger partial charge in [-0.2, -0.15) is 0 Å². The molecule has 9 heteroatoms. The molecule has 158 valence electrons. The Labute approximate surface area is 177 Å². The lowest BCUT2D eigenvalue weighted by atomic mass is 10.2. The van der Waals surface area contributed by atoms with Crippen LogP contribution in [0.4, 0.5) is 5.69 Å². The first-order chi connectivity index (χ1) is 14.2. The number of hydrogen-bond acceptors (Lipinski definition) is 7. The Morgan fingerprint density at radius 3 is 2.57 bits per heavy atom. The van der Waals surface area contributed by atoms with E-state index in [-0.39, 0.29) is 12.0 Å². The van der Waals surface area contributed by atoms with E-state index in [1.165, 1.54) is 18.0 Å². The molecule has 3 rings (SSSR count). The van der Waals surface area contributed by atoms with Crippen molar-refractivity contribution in [2.45, 2.75) is 39.8 Å². The number of fused-ring (bicyclic) bond motifs is 1. The number of thiophene rings is 1. The molecule has 3 aromatic rings. The van der Waals surface area contributed by atoms with Crippen LogP contribution >= 0.6 is 11.3 Å². The minimum Gasteiger partial charge on any atom is -0.495 e. The molecule has 0 unspecified atom stereocenters. The van der Waals surface area contributed by atoms with Gasteiger partial charge in [0.1, 0.15) is 16.6 Å². The van der Waals surface area contributed by atoms with Crippen LogP contribution < -0.4 is 15.6 Å². The molecule has 2 aromatic heterocycles. The topological polar surface area (TPSA) is 99.5 Å². The van der Waals surface area contributed by atoms with Crippen molar-refractivity contribution in [2.75, 3.05) is 12.4 Å². The fourth-order valence-electron chi connectivity index (χ4n) is 3.00. The number of para-hydroxylation sites is 2. The number of anilines is 1. The van der Waals surface area contributed by atoms with E-state index in [4.69, 9.17) is 9.47 Å². The van der Waals surface area contributed by atoms with Gasteiger partial charge in [0.25, 0.3) is 11.5 Å². The number of rotatable bonds is 6. The number of methoxy groups -OCH3 is 1. The summed E-state index contributed by atoms with van der Waals surface area (Å²) in [5, 5.41) is 3.13. The molecule has 1 aromatic carbocycles. The number of aromatic nitrogens is 2. The number of esters is 1. The minimum atomic E-state index is -0.832. The molecule has 0 saturated carbocycles. The first kappa shape index (κ1) is 21.5. The quantitative estimate of drug-likeness (QED) is 0.602. The van der Waals surface area contributed by atoms with Crippen molar-refractivity contribution in [1.82, 2.24) is 9.55 Å². The zero-order valence-corrected chi connectivity index (χ0v) is 18.2. The van der Waals surface area contributed by atoms with Crippen LogP contribution in [0.25, 0.3) is 10.2 Å². The second-order valence-electron chi connectivity index (χ2n) is 7.01. The van der Waals surface area contributed by atoms with Gasteiger partial charge in [0.05, 0.1) is 35.5 Å². The second-order valence-corrected chi connectivity index (χ2v) is 8.01. The molecule has 8 nitrogen and oxygen atoms in total. The minimum absolute atomic E-state index is 0.291. The predicted molar refractivity (Wildman–Crippen MR) is 116 cm³/mol. The van der Waals surface area contributed by atoms with Crippen LogP contribution in [0.5, 0.6) is 5.75 Å². The van der Waals surface area contributed by atoms with Gasteiger partial charge in [0.2, 0.25) is 0 Å². The monoisotopic (exact) mass is 429 g/mol. The summed E-state index contributed by atoms with van der Waals surface area (Å²) in [5.41, 5.74) is 0.647. The largest absolute Gasteiger partial charge is 0.495 e. The third kappa shape index (κ3) is 4.06. The average Bonchev–Trinajstić information content (AvgIpc) is 3.05. The summed E-state index contributed by atoms with van der Waals surface area (Å²) in [5.74, 6) is -0.351. The maximum absolute atomic E-state index is 13.0. The van der Waals surface area contributed by atoms with Crippen molar-refractivity contribution in [3.05, 3.63) is 51.4 Å². The van der Waals surface area contributed by atoms with E-state index < -0.39 is 17.6 Å². The van der Waals surface area contributed by atoms with Crippen LogP contribution in [0, 0.1) is 6.92 Å². The first-order valence-corrected chi connectivity index (χ1v) is 10.2. The Hall–Kier alpha value is -3.20. The molecule has 1 N–H and O–H groups in total. The zero-order chi connectivity index (χ0) is 22.0. The highest BCUT2D eigenvalue weighted by molar-refractivity contribution is 7.20. The number of carbonyl (C=O) groups is 2. The van der Waals surface area contributed by atoms with Crippen molar-refractivity contribution in [3.63, 3.8) is 0 Å². The van der Waals surface area contributed by atoms with E-state index in [0.717, 1.165) is 11.3 Å². The van der Waals surface area contributed by atoms with E-state index in [1.807, 2.05) is 0 Å². The van der Waals surface area contributed by atoms with Gasteiger partial charge in [-0.3, -0.25) is 14.2 Å². The summed E-state index contributed by atoms with van der Waals surface area (Å²) in [4.78, 5) is 43.2. The van der Waals surface area contributed by atoms with Crippen LogP contribution in [0.1, 0.15) is 42.0 Å². The second kappa shape index (κ2) is 8.66. The molecule has 0 bridgehead atoms. The molecule has 30 heavy (non-hydrogen) atoms. The van der Waals surface area contributed by atoms with Gasteiger partial charge in [-0.1, -0.05) is 12.1 Å². The SMILES string of the molecule is COc1ccccc1NC(=O)c1sc2ncn([C@@H](C)C(=O)OC(C)C)c(=O)c2c1C. The van der Waals surface area contributed by atoms with Crippen molar-refractivity contribution < 1.29 is 19.1 Å². The average molecular weight is 429 g/mol.